The SMILES string of the molecule is CC(C)CCOC(C)C(=O)N1CC(O)C1. The molecule has 0 aromatic carbocycles. The van der Waals surface area contributed by atoms with E-state index < -0.39 is 0 Å². The highest BCUT2D eigenvalue weighted by Crippen LogP contribution is 2.11. The van der Waals surface area contributed by atoms with Gasteiger partial charge in [-0.2, -0.15) is 0 Å². The molecule has 0 aromatic rings. The van der Waals surface area contributed by atoms with Gasteiger partial charge in [-0.1, -0.05) is 13.8 Å². The van der Waals surface area contributed by atoms with Crippen molar-refractivity contribution in [3.05, 3.63) is 0 Å². The van der Waals surface area contributed by atoms with Gasteiger partial charge in [-0.25, -0.2) is 0 Å². The van der Waals surface area contributed by atoms with Gasteiger partial charge in [-0.05, 0) is 19.3 Å². The van der Waals surface area contributed by atoms with Crippen LogP contribution in [-0.2, 0) is 9.53 Å². The lowest BCUT2D eigenvalue weighted by Crippen LogP contribution is -2.56. The zero-order chi connectivity index (χ0) is 11.4. The van der Waals surface area contributed by atoms with Gasteiger partial charge in [-0.15, -0.1) is 0 Å². The Morgan fingerprint density at radius 1 is 1.47 bits per heavy atom. The lowest BCUT2D eigenvalue weighted by molar-refractivity contribution is -0.152. The number of aliphatic hydroxyl groups excluding tert-OH is 1. The normalized spacial score (nSPS) is 19.1. The maximum absolute atomic E-state index is 11.6. The molecule has 1 atom stereocenters. The van der Waals surface area contributed by atoms with E-state index in [9.17, 15) is 4.79 Å². The third kappa shape index (κ3) is 3.80. The molecule has 1 heterocycles. The first kappa shape index (κ1) is 12.5. The quantitative estimate of drug-likeness (QED) is 0.732. The zero-order valence-corrected chi connectivity index (χ0v) is 9.77. The number of hydrogen-bond donors (Lipinski definition) is 1. The number of β-amino-alcohol motifs (C(OH)–C–C–N with tert-alkyl or cyclic N) is 1. The van der Waals surface area contributed by atoms with E-state index >= 15 is 0 Å². The van der Waals surface area contributed by atoms with Gasteiger partial charge in [0.25, 0.3) is 5.91 Å². The van der Waals surface area contributed by atoms with E-state index in [2.05, 4.69) is 13.8 Å². The molecule has 1 amide bonds. The van der Waals surface area contributed by atoms with Crippen LogP contribution in [0.5, 0.6) is 0 Å². The van der Waals surface area contributed by atoms with Crippen LogP contribution in [0.15, 0.2) is 0 Å². The third-order valence-corrected chi connectivity index (χ3v) is 2.58. The maximum Gasteiger partial charge on any atom is 0.251 e. The van der Waals surface area contributed by atoms with Crippen molar-refractivity contribution in [2.75, 3.05) is 19.7 Å². The minimum Gasteiger partial charge on any atom is -0.389 e. The molecule has 1 rings (SSSR count). The third-order valence-electron chi connectivity index (χ3n) is 2.58. The van der Waals surface area contributed by atoms with Gasteiger partial charge in [0, 0.05) is 19.7 Å². The molecule has 0 radical (unpaired) electrons. The minimum atomic E-state index is -0.378. The Kier molecular flexibility index (Phi) is 4.54. The molecule has 15 heavy (non-hydrogen) atoms. The summed E-state index contributed by atoms with van der Waals surface area (Å²) < 4.78 is 5.43. The van der Waals surface area contributed by atoms with Gasteiger partial charge < -0.3 is 14.7 Å². The first-order chi connectivity index (χ1) is 7.00. The molecule has 0 bridgehead atoms. The van der Waals surface area contributed by atoms with Crippen LogP contribution in [0.1, 0.15) is 27.2 Å². The van der Waals surface area contributed by atoms with Crippen molar-refractivity contribution in [3.63, 3.8) is 0 Å². The largest absolute Gasteiger partial charge is 0.389 e. The summed E-state index contributed by atoms with van der Waals surface area (Å²) in [4.78, 5) is 13.3. The Labute approximate surface area is 91.2 Å². The van der Waals surface area contributed by atoms with E-state index in [1.165, 1.54) is 0 Å². The fourth-order valence-corrected chi connectivity index (χ4v) is 1.44. The van der Waals surface area contributed by atoms with E-state index in [0.29, 0.717) is 25.6 Å². The van der Waals surface area contributed by atoms with Crippen LogP contribution in [0, 0.1) is 5.92 Å². The van der Waals surface area contributed by atoms with Crippen LogP contribution in [0.4, 0.5) is 0 Å². The van der Waals surface area contributed by atoms with Gasteiger partial charge >= 0.3 is 0 Å². The van der Waals surface area contributed by atoms with E-state index in [-0.39, 0.29) is 18.1 Å². The summed E-state index contributed by atoms with van der Waals surface area (Å²) in [5, 5.41) is 9.06. The van der Waals surface area contributed by atoms with Crippen LogP contribution in [0.2, 0.25) is 0 Å². The standard InChI is InChI=1S/C11H21NO3/c1-8(2)4-5-15-9(3)11(14)12-6-10(13)7-12/h8-10,13H,4-7H2,1-3H3. The molecule has 1 aliphatic rings. The molecule has 1 saturated heterocycles. The van der Waals surface area contributed by atoms with Crippen molar-refractivity contribution in [3.8, 4) is 0 Å². The highest BCUT2D eigenvalue weighted by Gasteiger charge is 2.31. The van der Waals surface area contributed by atoms with E-state index in [0.717, 1.165) is 6.42 Å². The van der Waals surface area contributed by atoms with Crippen molar-refractivity contribution in [2.24, 2.45) is 5.92 Å². The van der Waals surface area contributed by atoms with Crippen LogP contribution in [0.25, 0.3) is 0 Å². The summed E-state index contributed by atoms with van der Waals surface area (Å²) in [6, 6.07) is 0. The molecule has 1 fully saturated rings. The molecular weight excluding hydrogens is 194 g/mol. The van der Waals surface area contributed by atoms with Gasteiger partial charge in [0.15, 0.2) is 0 Å². The lowest BCUT2D eigenvalue weighted by atomic mass is 10.1. The number of rotatable bonds is 5. The van der Waals surface area contributed by atoms with Gasteiger partial charge in [-0.3, -0.25) is 4.79 Å². The number of carbonyl (C=O) groups excluding carboxylic acids is 1. The topological polar surface area (TPSA) is 49.8 Å². The first-order valence-electron chi connectivity index (χ1n) is 5.59. The average Bonchev–Trinajstić information content (AvgIpc) is 2.11. The summed E-state index contributed by atoms with van der Waals surface area (Å²) in [5.41, 5.74) is 0. The Morgan fingerprint density at radius 3 is 2.53 bits per heavy atom. The Balaban J connectivity index is 2.16. The molecule has 88 valence electrons. The van der Waals surface area contributed by atoms with Crippen molar-refractivity contribution < 1.29 is 14.6 Å². The predicted molar refractivity (Wildman–Crippen MR) is 57.5 cm³/mol. The molecule has 0 aromatic heterocycles. The second kappa shape index (κ2) is 5.47. The van der Waals surface area contributed by atoms with E-state index in [1.807, 2.05) is 0 Å². The second-order valence-corrected chi connectivity index (χ2v) is 4.59. The van der Waals surface area contributed by atoms with E-state index in [1.54, 1.807) is 11.8 Å². The van der Waals surface area contributed by atoms with Crippen molar-refractivity contribution in [2.45, 2.75) is 39.4 Å². The Bertz CT molecular complexity index is 212. The molecule has 4 nitrogen and oxygen atoms in total. The fraction of sp³-hybridized carbons (Fsp3) is 0.909. The number of ether oxygens (including phenoxy) is 1. The predicted octanol–water partition coefficient (Wildman–Crippen LogP) is 0.641. The highest BCUT2D eigenvalue weighted by atomic mass is 16.5. The van der Waals surface area contributed by atoms with Crippen LogP contribution in [-0.4, -0.2) is 47.8 Å². The molecule has 0 spiro atoms. The summed E-state index contributed by atoms with van der Waals surface area (Å²) in [7, 11) is 0. The monoisotopic (exact) mass is 215 g/mol. The summed E-state index contributed by atoms with van der Waals surface area (Å²) in [6.07, 6.45) is 0.258. The number of carbonyl (C=O) groups is 1. The molecular formula is C11H21NO3. The molecule has 1 aliphatic heterocycles. The highest BCUT2D eigenvalue weighted by molar-refractivity contribution is 5.81. The Hall–Kier alpha value is -0.610. The van der Waals surface area contributed by atoms with Crippen LogP contribution in [0.3, 0.4) is 0 Å². The van der Waals surface area contributed by atoms with Gasteiger partial charge in [0.2, 0.25) is 0 Å². The smallest absolute Gasteiger partial charge is 0.251 e. The number of likely N-dealkylation sites (tertiary alicyclic amines) is 1. The molecule has 0 aliphatic carbocycles. The van der Waals surface area contributed by atoms with Crippen molar-refractivity contribution in [1.29, 1.82) is 0 Å². The number of nitrogens with zero attached hydrogens (tertiary/aromatic N) is 1. The van der Waals surface area contributed by atoms with Crippen molar-refractivity contribution in [1.82, 2.24) is 4.90 Å². The summed E-state index contributed by atoms with van der Waals surface area (Å²) >= 11 is 0. The zero-order valence-electron chi connectivity index (χ0n) is 9.77. The number of hydrogen-bond acceptors (Lipinski definition) is 3. The number of amides is 1. The Morgan fingerprint density at radius 2 is 2.07 bits per heavy atom. The van der Waals surface area contributed by atoms with Crippen molar-refractivity contribution >= 4 is 5.91 Å². The fourth-order valence-electron chi connectivity index (χ4n) is 1.44. The van der Waals surface area contributed by atoms with Crippen LogP contribution < -0.4 is 0 Å². The first-order valence-corrected chi connectivity index (χ1v) is 5.59. The van der Waals surface area contributed by atoms with E-state index in [4.69, 9.17) is 9.84 Å². The van der Waals surface area contributed by atoms with Gasteiger partial charge in [0.1, 0.15) is 6.10 Å². The lowest BCUT2D eigenvalue weighted by Gasteiger charge is -2.37. The molecule has 1 unspecified atom stereocenters. The maximum atomic E-state index is 11.6. The molecule has 1 N–H and O–H groups in total. The number of aliphatic hydroxyl groups is 1. The molecule has 4 heteroatoms. The molecule has 0 saturated carbocycles. The summed E-state index contributed by atoms with van der Waals surface area (Å²) in [6.45, 7) is 7.56. The average molecular weight is 215 g/mol. The van der Waals surface area contributed by atoms with Crippen LogP contribution >= 0.6 is 0 Å². The summed E-state index contributed by atoms with van der Waals surface area (Å²) in [5.74, 6) is 0.585. The second-order valence-electron chi connectivity index (χ2n) is 4.59. The minimum absolute atomic E-state index is 0.0101. The van der Waals surface area contributed by atoms with Gasteiger partial charge in [0.05, 0.1) is 6.10 Å².